The summed E-state index contributed by atoms with van der Waals surface area (Å²) in [5, 5.41) is 41.1. The highest BCUT2D eigenvalue weighted by Gasteiger charge is 2.40. The first kappa shape index (κ1) is 17.4. The molecule has 1 heterocycles. The van der Waals surface area contributed by atoms with Gasteiger partial charge in [-0.05, 0) is 12.5 Å². The highest BCUT2D eigenvalue weighted by Crippen LogP contribution is 2.35. The fraction of sp³-hybridized carbons (Fsp3) is 0.143. The van der Waals surface area contributed by atoms with Crippen LogP contribution in [0.25, 0.3) is 0 Å². The molecule has 0 saturated carbocycles. The van der Waals surface area contributed by atoms with Gasteiger partial charge in [0.25, 0.3) is 5.69 Å². The summed E-state index contributed by atoms with van der Waals surface area (Å²) < 4.78 is 0. The third-order valence-electron chi connectivity index (χ3n) is 3.45. The van der Waals surface area contributed by atoms with Gasteiger partial charge in [0.15, 0.2) is 0 Å². The Morgan fingerprint density at radius 3 is 2.64 bits per heavy atom. The van der Waals surface area contributed by atoms with Crippen molar-refractivity contribution in [3.05, 3.63) is 51.2 Å². The molecule has 1 aliphatic rings. The smallest absolute Gasteiger partial charge is 0.415 e. The summed E-state index contributed by atoms with van der Waals surface area (Å²) >= 11 is 0. The maximum Gasteiger partial charge on any atom is 0.415 e. The Kier molecular flexibility index (Phi) is 4.64. The highest BCUT2D eigenvalue weighted by atomic mass is 16.6. The van der Waals surface area contributed by atoms with Crippen LogP contribution < -0.4 is 5.32 Å². The zero-order chi connectivity index (χ0) is 18.7. The molecule has 0 radical (unpaired) electrons. The van der Waals surface area contributed by atoms with Crippen molar-refractivity contribution in [2.24, 2.45) is 4.99 Å². The van der Waals surface area contributed by atoms with Gasteiger partial charge in [-0.1, -0.05) is 12.1 Å². The average Bonchev–Trinajstić information content (AvgIpc) is 2.53. The summed E-state index contributed by atoms with van der Waals surface area (Å²) in [4.78, 5) is 37.5. The Bertz CT molecular complexity index is 869. The van der Waals surface area contributed by atoms with Gasteiger partial charge in [-0.2, -0.15) is 5.26 Å². The molecule has 1 aliphatic heterocycles. The predicted octanol–water partition coefficient (Wildman–Crippen LogP) is 1.41. The van der Waals surface area contributed by atoms with E-state index in [1.165, 1.54) is 31.3 Å². The number of hydrogen-bond acceptors (Lipinski definition) is 6. The normalized spacial score (nSPS) is 18.5. The maximum absolute atomic E-state index is 11.7. The summed E-state index contributed by atoms with van der Waals surface area (Å²) in [6.07, 6.45) is -0.149. The molecule has 1 aromatic rings. The standard InChI is InChI=1S/C14H11N5O6/c1-7-10(12(20)21)11(8-3-2-4-9(5-8)19(24)25)18(14(22)23)13(17-7)16-6-15/h2-5,11H,1H3,(H,16,17)(H,20,21)(H,22,23). The number of aliphatic imine (C=N–C) groups is 1. The van der Waals surface area contributed by atoms with Gasteiger partial charge in [0.1, 0.15) is 6.04 Å². The molecule has 1 unspecified atom stereocenters. The van der Waals surface area contributed by atoms with Crippen molar-refractivity contribution in [2.45, 2.75) is 13.0 Å². The van der Waals surface area contributed by atoms with Gasteiger partial charge in [0.05, 0.1) is 10.5 Å². The zero-order valence-corrected chi connectivity index (χ0v) is 12.7. The predicted molar refractivity (Wildman–Crippen MR) is 82.2 cm³/mol. The average molecular weight is 345 g/mol. The van der Waals surface area contributed by atoms with Gasteiger partial charge in [-0.3, -0.25) is 10.1 Å². The third-order valence-corrected chi connectivity index (χ3v) is 3.45. The number of carboxylic acid groups (broad SMARTS) is 2. The largest absolute Gasteiger partial charge is 0.478 e. The van der Waals surface area contributed by atoms with Crippen molar-refractivity contribution in [3.63, 3.8) is 0 Å². The third kappa shape index (κ3) is 3.22. The minimum atomic E-state index is -1.58. The van der Waals surface area contributed by atoms with Crippen LogP contribution in [0.15, 0.2) is 40.5 Å². The fourth-order valence-electron chi connectivity index (χ4n) is 2.48. The van der Waals surface area contributed by atoms with E-state index in [1.54, 1.807) is 0 Å². The van der Waals surface area contributed by atoms with E-state index in [9.17, 15) is 29.9 Å². The first-order valence-electron chi connectivity index (χ1n) is 6.72. The Labute approximate surface area is 140 Å². The van der Waals surface area contributed by atoms with Gasteiger partial charge in [-0.25, -0.2) is 14.5 Å². The van der Waals surface area contributed by atoms with E-state index in [0.29, 0.717) is 4.90 Å². The van der Waals surface area contributed by atoms with Gasteiger partial charge in [0, 0.05) is 17.8 Å². The number of rotatable bonds is 3. The number of carboxylic acids is 1. The second-order valence-electron chi connectivity index (χ2n) is 4.91. The molecule has 0 saturated heterocycles. The number of amides is 1. The Balaban J connectivity index is 2.76. The quantitative estimate of drug-likeness (QED) is 0.419. The molecule has 0 aromatic heterocycles. The van der Waals surface area contributed by atoms with Crippen molar-refractivity contribution in [2.75, 3.05) is 0 Å². The second kappa shape index (κ2) is 6.67. The van der Waals surface area contributed by atoms with E-state index in [1.807, 2.05) is 0 Å². The summed E-state index contributed by atoms with van der Waals surface area (Å²) in [6, 6.07) is 3.52. The molecule has 11 heteroatoms. The fourth-order valence-corrected chi connectivity index (χ4v) is 2.48. The first-order chi connectivity index (χ1) is 11.8. The van der Waals surface area contributed by atoms with Gasteiger partial charge in [-0.15, -0.1) is 4.99 Å². The van der Waals surface area contributed by atoms with E-state index < -0.39 is 29.0 Å². The van der Waals surface area contributed by atoms with Crippen LogP contribution in [0.5, 0.6) is 0 Å². The van der Waals surface area contributed by atoms with Crippen molar-refractivity contribution in [1.82, 2.24) is 10.2 Å². The molecule has 0 aliphatic carbocycles. The molecule has 1 atom stereocenters. The molecule has 128 valence electrons. The molecule has 0 fully saturated rings. The lowest BCUT2D eigenvalue weighted by atomic mass is 9.94. The SMILES string of the molecule is CC1=C(C(=O)O)C(c2cccc([N+](=O)[O-])c2)N(C(=O)O)C(=NC#N)N1. The lowest BCUT2D eigenvalue weighted by Crippen LogP contribution is -2.51. The summed E-state index contributed by atoms with van der Waals surface area (Å²) in [5.74, 6) is -1.81. The van der Waals surface area contributed by atoms with Crippen molar-refractivity contribution in [1.29, 1.82) is 5.26 Å². The first-order valence-corrected chi connectivity index (χ1v) is 6.72. The molecule has 25 heavy (non-hydrogen) atoms. The summed E-state index contributed by atoms with van der Waals surface area (Å²) in [5.41, 5.74) is -0.543. The van der Waals surface area contributed by atoms with Crippen LogP contribution in [0.4, 0.5) is 10.5 Å². The van der Waals surface area contributed by atoms with Crippen molar-refractivity contribution in [3.8, 4) is 6.19 Å². The molecule has 1 amide bonds. The Morgan fingerprint density at radius 1 is 1.44 bits per heavy atom. The zero-order valence-electron chi connectivity index (χ0n) is 12.7. The van der Waals surface area contributed by atoms with Crippen molar-refractivity contribution >= 4 is 23.7 Å². The van der Waals surface area contributed by atoms with Gasteiger partial charge >= 0.3 is 12.1 Å². The molecular formula is C14H11N5O6. The number of benzene rings is 1. The number of hydrogen-bond donors (Lipinski definition) is 3. The van der Waals surface area contributed by atoms with Crippen LogP contribution in [-0.2, 0) is 4.79 Å². The molecular weight excluding hydrogens is 334 g/mol. The van der Waals surface area contributed by atoms with Crippen LogP contribution in [0.3, 0.4) is 0 Å². The van der Waals surface area contributed by atoms with E-state index in [0.717, 1.165) is 6.07 Å². The Morgan fingerprint density at radius 2 is 2.12 bits per heavy atom. The van der Waals surface area contributed by atoms with Crippen LogP contribution in [0.1, 0.15) is 18.5 Å². The minimum Gasteiger partial charge on any atom is -0.478 e. The number of nitriles is 1. The number of nitro groups is 1. The molecule has 11 nitrogen and oxygen atoms in total. The summed E-state index contributed by atoms with van der Waals surface area (Å²) in [6.45, 7) is 1.37. The van der Waals surface area contributed by atoms with E-state index in [4.69, 9.17) is 5.26 Å². The highest BCUT2D eigenvalue weighted by molar-refractivity contribution is 6.01. The monoisotopic (exact) mass is 345 g/mol. The number of non-ortho nitro benzene ring substituents is 1. The lowest BCUT2D eigenvalue weighted by molar-refractivity contribution is -0.384. The van der Waals surface area contributed by atoms with E-state index in [-0.39, 0.29) is 22.5 Å². The molecule has 2 rings (SSSR count). The van der Waals surface area contributed by atoms with Crippen LogP contribution in [-0.4, -0.2) is 38.1 Å². The maximum atomic E-state index is 11.7. The minimum absolute atomic E-state index is 0.0560. The number of nitro benzene ring substituents is 1. The number of nitrogens with zero attached hydrogens (tertiary/aromatic N) is 4. The van der Waals surface area contributed by atoms with E-state index >= 15 is 0 Å². The summed E-state index contributed by atoms with van der Waals surface area (Å²) in [7, 11) is 0. The number of nitrogens with one attached hydrogen (secondary N) is 1. The number of carbonyl (C=O) groups is 2. The topological polar surface area (TPSA) is 169 Å². The number of guanidine groups is 1. The number of aliphatic carboxylic acids is 1. The molecule has 1 aromatic carbocycles. The Hall–Kier alpha value is -3.94. The lowest BCUT2D eigenvalue weighted by Gasteiger charge is -2.35. The van der Waals surface area contributed by atoms with Crippen LogP contribution >= 0.6 is 0 Å². The second-order valence-corrected chi connectivity index (χ2v) is 4.91. The molecule has 3 N–H and O–H groups in total. The van der Waals surface area contributed by atoms with Gasteiger partial charge < -0.3 is 15.5 Å². The van der Waals surface area contributed by atoms with Crippen LogP contribution in [0, 0.1) is 21.6 Å². The van der Waals surface area contributed by atoms with Gasteiger partial charge in [0.2, 0.25) is 12.2 Å². The number of allylic oxidation sites excluding steroid dienone is 1. The van der Waals surface area contributed by atoms with E-state index in [2.05, 4.69) is 10.3 Å². The molecule has 0 bridgehead atoms. The molecule has 0 spiro atoms. The van der Waals surface area contributed by atoms with Crippen LogP contribution in [0.2, 0.25) is 0 Å². The van der Waals surface area contributed by atoms with Crippen molar-refractivity contribution < 1.29 is 24.7 Å².